The van der Waals surface area contributed by atoms with Crippen molar-refractivity contribution in [3.8, 4) is 28.5 Å². The van der Waals surface area contributed by atoms with E-state index in [2.05, 4.69) is 41.9 Å². The zero-order valence-electron chi connectivity index (χ0n) is 49.8. The quantitative estimate of drug-likeness (QED) is 0.0182. The standard InChI is InChI=1S/C61H72ClN13O15/c1-37(2)54(74-51(76)19-23-85-26-28-87-30-31-88-29-27-86-25-22-75-52(77)17-18-53(75)78)58(80)71-48(8-5-20-64-60(63)83)57(79)69-40-11-9-39(10-12-40)36-90-61(84)65-21-24-89-42-33-49-45(67-34-42)15-16-47(70-49)56-55(46-7-4-6-38(3)68-46)72-50(73-56)35-66-41-13-14-44(62)43(32-41)59(81)82/h4,6-7,9-18,32-34,37,48,54,66H,5,8,19-31,35-36H2,1-3H3,(H,65,84)(H,69,79)(H,71,80)(H,72,73)(H,74,76)(H,81,82)(H3,63,64,83). The zero-order chi connectivity index (χ0) is 64.4. The average Bonchev–Trinajstić information content (AvgIpc) is 1.63. The SMILES string of the molecule is Cc1cccc(-c2nc(CNc3ccc(Cl)c(C(=O)O)c3)[nH]c2-c2ccc3ncc(OCCNC(=O)OCc4ccc(NC(=O)C(CCCNC(N)=O)NC(=O)C(NC(=O)CCOCCOCCOCCOCCN5C(=O)C=CC5=O)C(C)C)cc4)cc3n2)n1. The van der Waals surface area contributed by atoms with E-state index >= 15 is 0 Å². The summed E-state index contributed by atoms with van der Waals surface area (Å²) >= 11 is 6.08. The molecule has 0 bridgehead atoms. The summed E-state index contributed by atoms with van der Waals surface area (Å²) in [6.45, 7) is 7.85. The molecule has 8 amide bonds. The molecule has 90 heavy (non-hydrogen) atoms. The number of aromatic amines is 1. The van der Waals surface area contributed by atoms with E-state index in [0.29, 0.717) is 82.1 Å². The lowest BCUT2D eigenvalue weighted by Gasteiger charge is -2.25. The van der Waals surface area contributed by atoms with E-state index in [9.17, 15) is 43.5 Å². The lowest BCUT2D eigenvalue weighted by atomic mass is 10.0. The number of carbonyl (C=O) groups is 8. The molecule has 0 radical (unpaired) electrons. The number of imidazole rings is 1. The van der Waals surface area contributed by atoms with Gasteiger partial charge in [0.25, 0.3) is 11.8 Å². The number of nitrogens with zero attached hydrogens (tertiary/aromatic N) is 5. The molecule has 2 aromatic carbocycles. The monoisotopic (exact) mass is 1260 g/mol. The number of H-pyrrole nitrogens is 1. The van der Waals surface area contributed by atoms with Crippen LogP contribution in [0.25, 0.3) is 33.8 Å². The molecule has 478 valence electrons. The van der Waals surface area contributed by atoms with Crippen LogP contribution in [0.3, 0.4) is 0 Å². The molecule has 0 saturated heterocycles. The van der Waals surface area contributed by atoms with E-state index < -0.39 is 47.9 Å². The van der Waals surface area contributed by atoms with Crippen LogP contribution in [-0.2, 0) is 60.8 Å². The number of anilines is 2. The topological polar surface area (TPSA) is 381 Å². The van der Waals surface area contributed by atoms with Gasteiger partial charge in [-0.05, 0) is 85.8 Å². The summed E-state index contributed by atoms with van der Waals surface area (Å²) in [4.78, 5) is 122. The van der Waals surface area contributed by atoms with E-state index in [1.165, 1.54) is 24.3 Å². The van der Waals surface area contributed by atoms with Crippen molar-refractivity contribution in [1.29, 1.82) is 0 Å². The van der Waals surface area contributed by atoms with Crippen LogP contribution < -0.4 is 42.4 Å². The Hall–Kier alpha value is -9.61. The molecule has 29 heteroatoms. The van der Waals surface area contributed by atoms with E-state index in [1.807, 2.05) is 37.3 Å². The van der Waals surface area contributed by atoms with Gasteiger partial charge in [0, 0.05) is 48.3 Å². The minimum absolute atomic E-state index is 0.0349. The van der Waals surface area contributed by atoms with Gasteiger partial charge in [0.2, 0.25) is 17.7 Å². The van der Waals surface area contributed by atoms with Crippen molar-refractivity contribution in [3.05, 3.63) is 125 Å². The highest BCUT2D eigenvalue weighted by atomic mass is 35.5. The smallest absolute Gasteiger partial charge is 0.407 e. The van der Waals surface area contributed by atoms with Crippen molar-refractivity contribution in [3.63, 3.8) is 0 Å². The number of pyridine rings is 3. The maximum Gasteiger partial charge on any atom is 0.407 e. The number of urea groups is 1. The number of rotatable bonds is 37. The van der Waals surface area contributed by atoms with Crippen LogP contribution in [0.4, 0.5) is 21.0 Å². The summed E-state index contributed by atoms with van der Waals surface area (Å²) in [5.41, 5.74) is 10.9. The van der Waals surface area contributed by atoms with Crippen molar-refractivity contribution < 1.29 is 71.9 Å². The van der Waals surface area contributed by atoms with Gasteiger partial charge in [0.1, 0.15) is 42.6 Å². The van der Waals surface area contributed by atoms with Gasteiger partial charge in [-0.2, -0.15) is 0 Å². The molecule has 1 aliphatic rings. The summed E-state index contributed by atoms with van der Waals surface area (Å²) < 4.78 is 33.2. The van der Waals surface area contributed by atoms with E-state index in [1.54, 1.807) is 56.4 Å². The number of carboxylic acids is 1. The Kier molecular flexibility index (Phi) is 26.3. The number of hydrogen-bond donors (Lipinski definition) is 9. The van der Waals surface area contributed by atoms with Gasteiger partial charge in [0.05, 0.1) is 117 Å². The van der Waals surface area contributed by atoms with Crippen LogP contribution in [0, 0.1) is 12.8 Å². The maximum absolute atomic E-state index is 13.7. The second kappa shape index (κ2) is 34.8. The van der Waals surface area contributed by atoms with Gasteiger partial charge in [-0.1, -0.05) is 43.6 Å². The summed E-state index contributed by atoms with van der Waals surface area (Å²) in [6, 6.07) is 19.3. The lowest BCUT2D eigenvalue weighted by Crippen LogP contribution is -2.54. The number of nitrogens with two attached hydrogens (primary N) is 1. The van der Waals surface area contributed by atoms with Crippen molar-refractivity contribution in [2.75, 3.05) is 89.7 Å². The molecule has 28 nitrogen and oxygen atoms in total. The normalized spacial score (nSPS) is 12.6. The van der Waals surface area contributed by atoms with Gasteiger partial charge in [-0.25, -0.2) is 24.4 Å². The van der Waals surface area contributed by atoms with Gasteiger partial charge in [0.15, 0.2) is 0 Å². The molecule has 0 spiro atoms. The first-order valence-electron chi connectivity index (χ1n) is 28.9. The number of primary amides is 1. The number of benzene rings is 2. The number of imide groups is 1. The van der Waals surface area contributed by atoms with Crippen molar-refractivity contribution in [1.82, 2.24) is 51.1 Å². The lowest BCUT2D eigenvalue weighted by molar-refractivity contribution is -0.137. The number of aryl methyl sites for hydroxylation is 1. The van der Waals surface area contributed by atoms with E-state index in [4.69, 9.17) is 60.7 Å². The van der Waals surface area contributed by atoms with Crippen LogP contribution in [0.1, 0.15) is 60.5 Å². The van der Waals surface area contributed by atoms with Crippen LogP contribution >= 0.6 is 11.6 Å². The Bertz CT molecular complexity index is 3480. The first kappa shape index (κ1) is 67.9. The number of ether oxygens (including phenoxy) is 6. The highest BCUT2D eigenvalue weighted by Gasteiger charge is 2.29. The number of carbonyl (C=O) groups excluding carboxylic acids is 7. The molecule has 7 rings (SSSR count). The number of halogens is 1. The molecule has 5 heterocycles. The van der Waals surface area contributed by atoms with Crippen LogP contribution in [-0.4, -0.2) is 174 Å². The Labute approximate surface area is 522 Å². The molecule has 2 unspecified atom stereocenters. The van der Waals surface area contributed by atoms with Crippen molar-refractivity contribution in [2.45, 2.75) is 65.3 Å². The second-order valence-corrected chi connectivity index (χ2v) is 20.9. The first-order chi connectivity index (χ1) is 43.4. The number of aromatic nitrogens is 5. The number of hydrogen-bond acceptors (Lipinski definition) is 19. The third-order valence-corrected chi connectivity index (χ3v) is 13.7. The van der Waals surface area contributed by atoms with Gasteiger partial charge in [-0.15, -0.1) is 0 Å². The fourth-order valence-electron chi connectivity index (χ4n) is 8.74. The zero-order valence-corrected chi connectivity index (χ0v) is 50.6. The number of aromatic carboxylic acids is 1. The van der Waals surface area contributed by atoms with Crippen molar-refractivity contribution >= 4 is 81.6 Å². The molecule has 10 N–H and O–H groups in total. The van der Waals surface area contributed by atoms with E-state index in [0.717, 1.165) is 10.6 Å². The second-order valence-electron chi connectivity index (χ2n) is 20.5. The number of alkyl carbamates (subject to hydrolysis) is 1. The predicted octanol–water partition coefficient (Wildman–Crippen LogP) is 5.05. The molecule has 4 aromatic heterocycles. The van der Waals surface area contributed by atoms with Crippen LogP contribution in [0.15, 0.2) is 97.2 Å². The Morgan fingerprint density at radius 3 is 2.12 bits per heavy atom. The Balaban J connectivity index is 0.814. The Morgan fingerprint density at radius 1 is 0.733 bits per heavy atom. The third kappa shape index (κ3) is 21.6. The summed E-state index contributed by atoms with van der Waals surface area (Å²) in [6.07, 6.45) is 3.62. The molecular weight excluding hydrogens is 1190 g/mol. The first-order valence-corrected chi connectivity index (χ1v) is 29.3. The van der Waals surface area contributed by atoms with Crippen LogP contribution in [0.5, 0.6) is 5.75 Å². The Morgan fingerprint density at radius 2 is 1.43 bits per heavy atom. The number of amides is 8. The highest BCUT2D eigenvalue weighted by Crippen LogP contribution is 2.31. The van der Waals surface area contributed by atoms with Crippen molar-refractivity contribution in [2.24, 2.45) is 11.7 Å². The molecular formula is C61H72ClN13O15. The van der Waals surface area contributed by atoms with Crippen LogP contribution in [0.2, 0.25) is 5.02 Å². The maximum atomic E-state index is 13.7. The minimum Gasteiger partial charge on any atom is -0.490 e. The fourth-order valence-corrected chi connectivity index (χ4v) is 8.94. The van der Waals surface area contributed by atoms with Gasteiger partial charge in [-0.3, -0.25) is 38.8 Å². The molecule has 2 atom stereocenters. The number of carboxylic acid groups (broad SMARTS) is 1. The molecule has 0 saturated carbocycles. The average molecular weight is 1260 g/mol. The molecule has 0 fully saturated rings. The fraction of sp³-hybridized carbons (Fsp3) is 0.377. The van der Waals surface area contributed by atoms with E-state index in [-0.39, 0.29) is 120 Å². The molecule has 6 aromatic rings. The molecule has 1 aliphatic heterocycles. The number of fused-ring (bicyclic) bond motifs is 1. The summed E-state index contributed by atoms with van der Waals surface area (Å²) in [5, 5.41) is 26.2. The molecule has 0 aliphatic carbocycles. The third-order valence-electron chi connectivity index (χ3n) is 13.4. The highest BCUT2D eigenvalue weighted by molar-refractivity contribution is 6.33. The van der Waals surface area contributed by atoms with Gasteiger partial charge >= 0.3 is 18.1 Å². The minimum atomic E-state index is -1.15. The summed E-state index contributed by atoms with van der Waals surface area (Å²) in [7, 11) is 0. The largest absolute Gasteiger partial charge is 0.490 e. The number of nitrogens with one attached hydrogen (secondary N) is 7. The predicted molar refractivity (Wildman–Crippen MR) is 329 cm³/mol. The van der Waals surface area contributed by atoms with Gasteiger partial charge < -0.3 is 76.1 Å². The summed E-state index contributed by atoms with van der Waals surface area (Å²) in [5.74, 6) is -2.90.